The fourth-order valence-corrected chi connectivity index (χ4v) is 5.29. The van der Waals surface area contributed by atoms with E-state index in [-0.39, 0.29) is 17.4 Å². The SMILES string of the molecule is CC1=C(C(=O)OC(C)C)[C@H](c2cccs2)n2c(s/c(=C/c3ccc([N+](=O)[O-])cc3)c2=O)=N1. The Morgan fingerprint density at radius 1 is 1.28 bits per heavy atom. The van der Waals surface area contributed by atoms with Crippen molar-refractivity contribution in [2.45, 2.75) is 32.9 Å². The van der Waals surface area contributed by atoms with Gasteiger partial charge in [0, 0.05) is 17.0 Å². The Morgan fingerprint density at radius 3 is 2.59 bits per heavy atom. The van der Waals surface area contributed by atoms with E-state index in [1.165, 1.54) is 39.4 Å². The van der Waals surface area contributed by atoms with Gasteiger partial charge in [0.05, 0.1) is 26.8 Å². The minimum Gasteiger partial charge on any atom is -0.459 e. The Kier molecular flexibility index (Phi) is 5.90. The van der Waals surface area contributed by atoms with Crippen LogP contribution in [0.3, 0.4) is 0 Å². The molecular formula is C22H19N3O5S2. The summed E-state index contributed by atoms with van der Waals surface area (Å²) in [5, 5.41) is 12.8. The summed E-state index contributed by atoms with van der Waals surface area (Å²) in [6.45, 7) is 5.28. The number of carbonyl (C=O) groups is 1. The first kappa shape index (κ1) is 21.8. The molecule has 164 valence electrons. The molecule has 0 spiro atoms. The van der Waals surface area contributed by atoms with Crippen LogP contribution in [0.2, 0.25) is 0 Å². The summed E-state index contributed by atoms with van der Waals surface area (Å²) >= 11 is 2.66. The molecule has 0 aliphatic carbocycles. The molecule has 3 aromatic rings. The van der Waals surface area contributed by atoms with Gasteiger partial charge in [0.25, 0.3) is 11.2 Å². The van der Waals surface area contributed by atoms with Crippen molar-refractivity contribution in [3.05, 3.63) is 93.3 Å². The highest BCUT2D eigenvalue weighted by Crippen LogP contribution is 2.33. The summed E-state index contributed by atoms with van der Waals surface area (Å²) in [7, 11) is 0. The van der Waals surface area contributed by atoms with Crippen LogP contribution in [-0.2, 0) is 9.53 Å². The Hall–Kier alpha value is -3.37. The molecule has 3 heterocycles. The first-order valence-corrected chi connectivity index (χ1v) is 11.5. The molecule has 0 unspecified atom stereocenters. The smallest absolute Gasteiger partial charge is 0.338 e. The summed E-state index contributed by atoms with van der Waals surface area (Å²) < 4.78 is 7.40. The Labute approximate surface area is 190 Å². The largest absolute Gasteiger partial charge is 0.459 e. The van der Waals surface area contributed by atoms with Gasteiger partial charge in [-0.1, -0.05) is 17.4 Å². The molecule has 0 bridgehead atoms. The molecule has 0 N–H and O–H groups in total. The molecule has 0 saturated heterocycles. The monoisotopic (exact) mass is 469 g/mol. The number of aromatic nitrogens is 1. The lowest BCUT2D eigenvalue weighted by Gasteiger charge is -2.24. The third-order valence-electron chi connectivity index (χ3n) is 4.80. The normalized spacial score (nSPS) is 16.1. The molecule has 0 radical (unpaired) electrons. The highest BCUT2D eigenvalue weighted by molar-refractivity contribution is 7.10. The van der Waals surface area contributed by atoms with Gasteiger partial charge in [0.1, 0.15) is 6.04 Å². The molecule has 1 aliphatic heterocycles. The van der Waals surface area contributed by atoms with Crippen molar-refractivity contribution in [2.75, 3.05) is 0 Å². The average Bonchev–Trinajstić information content (AvgIpc) is 3.36. The van der Waals surface area contributed by atoms with E-state index in [9.17, 15) is 19.7 Å². The number of nitro benzene ring substituents is 1. The highest BCUT2D eigenvalue weighted by atomic mass is 32.1. The van der Waals surface area contributed by atoms with Crippen LogP contribution in [0.25, 0.3) is 6.08 Å². The summed E-state index contributed by atoms with van der Waals surface area (Å²) in [6.07, 6.45) is 1.36. The van der Waals surface area contributed by atoms with Crippen molar-refractivity contribution in [2.24, 2.45) is 4.99 Å². The van der Waals surface area contributed by atoms with E-state index in [0.29, 0.717) is 26.2 Å². The topological polar surface area (TPSA) is 104 Å². The molecular weight excluding hydrogens is 450 g/mol. The van der Waals surface area contributed by atoms with Crippen LogP contribution < -0.4 is 14.9 Å². The third-order valence-corrected chi connectivity index (χ3v) is 6.71. The maximum Gasteiger partial charge on any atom is 0.338 e. The molecule has 0 amide bonds. The van der Waals surface area contributed by atoms with Gasteiger partial charge in [-0.2, -0.15) is 0 Å². The van der Waals surface area contributed by atoms with Crippen molar-refractivity contribution in [1.82, 2.24) is 4.57 Å². The van der Waals surface area contributed by atoms with Gasteiger partial charge in [-0.25, -0.2) is 9.79 Å². The number of hydrogen-bond acceptors (Lipinski definition) is 8. The number of allylic oxidation sites excluding steroid dienone is 1. The zero-order valence-electron chi connectivity index (χ0n) is 17.5. The number of carbonyl (C=O) groups excluding carboxylic acids is 1. The minimum absolute atomic E-state index is 0.0229. The number of thiophene rings is 1. The van der Waals surface area contributed by atoms with Crippen LogP contribution in [0, 0.1) is 10.1 Å². The predicted molar refractivity (Wildman–Crippen MR) is 122 cm³/mol. The molecule has 10 heteroatoms. The number of esters is 1. The highest BCUT2D eigenvalue weighted by Gasteiger charge is 2.34. The molecule has 1 atom stereocenters. The van der Waals surface area contributed by atoms with Crippen molar-refractivity contribution in [1.29, 1.82) is 0 Å². The summed E-state index contributed by atoms with van der Waals surface area (Å²) in [5.41, 5.74) is 1.20. The maximum absolute atomic E-state index is 13.4. The van der Waals surface area contributed by atoms with Crippen LogP contribution >= 0.6 is 22.7 Å². The fraction of sp³-hybridized carbons (Fsp3) is 0.227. The number of hydrogen-bond donors (Lipinski definition) is 0. The van der Waals surface area contributed by atoms with Crippen molar-refractivity contribution in [3.63, 3.8) is 0 Å². The summed E-state index contributed by atoms with van der Waals surface area (Å²) in [5.74, 6) is -0.496. The quantitative estimate of drug-likeness (QED) is 0.324. The van der Waals surface area contributed by atoms with Gasteiger partial charge in [-0.3, -0.25) is 19.5 Å². The van der Waals surface area contributed by atoms with Crippen LogP contribution in [0.5, 0.6) is 0 Å². The van der Waals surface area contributed by atoms with Gasteiger partial charge in [0.2, 0.25) is 0 Å². The number of rotatable bonds is 5. The molecule has 4 rings (SSSR count). The number of thiazole rings is 1. The molecule has 32 heavy (non-hydrogen) atoms. The van der Waals surface area contributed by atoms with Gasteiger partial charge in [-0.05, 0) is 56.0 Å². The van der Waals surface area contributed by atoms with Gasteiger partial charge in [-0.15, -0.1) is 11.3 Å². The van der Waals surface area contributed by atoms with E-state index < -0.39 is 16.9 Å². The van der Waals surface area contributed by atoms with Crippen LogP contribution in [0.1, 0.15) is 37.3 Å². The van der Waals surface area contributed by atoms with Crippen LogP contribution in [0.4, 0.5) is 5.69 Å². The van der Waals surface area contributed by atoms with E-state index in [1.807, 2.05) is 17.5 Å². The van der Waals surface area contributed by atoms with Gasteiger partial charge in [0.15, 0.2) is 4.80 Å². The maximum atomic E-state index is 13.4. The Morgan fingerprint density at radius 2 is 2.00 bits per heavy atom. The van der Waals surface area contributed by atoms with E-state index in [1.54, 1.807) is 39.0 Å². The first-order valence-electron chi connectivity index (χ1n) is 9.77. The number of fused-ring (bicyclic) bond motifs is 1. The standard InChI is InChI=1S/C22H19N3O5S2/c1-12(2)30-21(27)18-13(3)23-22-24(19(18)16-5-4-10-31-16)20(26)17(32-22)11-14-6-8-15(9-7-14)25(28)29/h4-12,19H,1-3H3/b17-11+/t19-/m0/s1. The molecule has 8 nitrogen and oxygen atoms in total. The Balaban J connectivity index is 1.87. The first-order chi connectivity index (χ1) is 15.3. The Bertz CT molecular complexity index is 1400. The number of benzene rings is 1. The second kappa shape index (κ2) is 8.64. The van der Waals surface area contributed by atoms with E-state index in [2.05, 4.69) is 4.99 Å². The zero-order chi connectivity index (χ0) is 23.0. The molecule has 0 fully saturated rings. The van der Waals surface area contributed by atoms with E-state index in [0.717, 1.165) is 4.88 Å². The lowest BCUT2D eigenvalue weighted by Crippen LogP contribution is -2.39. The summed E-state index contributed by atoms with van der Waals surface area (Å²) in [6, 6.07) is 9.07. The number of nitro groups is 1. The van der Waals surface area contributed by atoms with Gasteiger partial charge >= 0.3 is 5.97 Å². The zero-order valence-corrected chi connectivity index (χ0v) is 19.1. The van der Waals surface area contributed by atoms with Crippen LogP contribution in [0.15, 0.2) is 62.8 Å². The van der Waals surface area contributed by atoms with E-state index in [4.69, 9.17) is 4.74 Å². The third kappa shape index (κ3) is 4.06. The number of non-ortho nitro benzene ring substituents is 1. The number of ether oxygens (including phenoxy) is 1. The summed E-state index contributed by atoms with van der Waals surface area (Å²) in [4.78, 5) is 42.6. The van der Waals surface area contributed by atoms with Crippen molar-refractivity contribution >= 4 is 40.4 Å². The second-order valence-electron chi connectivity index (χ2n) is 7.40. The lowest BCUT2D eigenvalue weighted by molar-refractivity contribution is -0.384. The van der Waals surface area contributed by atoms with Crippen molar-refractivity contribution < 1.29 is 14.5 Å². The van der Waals surface area contributed by atoms with E-state index >= 15 is 0 Å². The van der Waals surface area contributed by atoms with Gasteiger partial charge < -0.3 is 4.74 Å². The fourth-order valence-electron chi connectivity index (χ4n) is 3.42. The molecule has 0 saturated carbocycles. The lowest BCUT2D eigenvalue weighted by atomic mass is 10.0. The molecule has 1 aromatic carbocycles. The average molecular weight is 470 g/mol. The minimum atomic E-state index is -0.628. The number of nitrogens with zero attached hydrogens (tertiary/aromatic N) is 3. The van der Waals surface area contributed by atoms with Crippen molar-refractivity contribution in [3.8, 4) is 0 Å². The molecule has 2 aromatic heterocycles. The molecule has 1 aliphatic rings. The predicted octanol–water partition coefficient (Wildman–Crippen LogP) is 3.16. The second-order valence-corrected chi connectivity index (χ2v) is 9.39. The van der Waals surface area contributed by atoms with Crippen LogP contribution in [-0.4, -0.2) is 21.6 Å².